The van der Waals surface area contributed by atoms with E-state index in [-0.39, 0.29) is 18.4 Å². The number of likely N-dealkylation sites (tertiary alicyclic amines) is 1. The van der Waals surface area contributed by atoms with Crippen molar-refractivity contribution in [3.63, 3.8) is 0 Å². The number of rotatable bonds is 5. The molecule has 0 unspecified atom stereocenters. The number of amides is 1. The van der Waals surface area contributed by atoms with Crippen molar-refractivity contribution in [1.82, 2.24) is 19.8 Å². The summed E-state index contributed by atoms with van der Waals surface area (Å²) in [7, 11) is 4.08. The van der Waals surface area contributed by atoms with Crippen LogP contribution < -0.4 is 0 Å². The second-order valence-electron chi connectivity index (χ2n) is 6.90. The van der Waals surface area contributed by atoms with Gasteiger partial charge < -0.3 is 14.9 Å². The van der Waals surface area contributed by atoms with Crippen molar-refractivity contribution in [2.45, 2.75) is 6.42 Å². The Bertz CT molecular complexity index is 704. The lowest BCUT2D eigenvalue weighted by atomic mass is 9.89. The molecule has 1 saturated heterocycles. The van der Waals surface area contributed by atoms with E-state index in [1.807, 2.05) is 36.5 Å². The number of aliphatic hydroxyl groups is 1. The van der Waals surface area contributed by atoms with Crippen molar-refractivity contribution < 1.29 is 9.90 Å². The third kappa shape index (κ3) is 4.42. The lowest BCUT2D eigenvalue weighted by Crippen LogP contribution is -2.47. The Morgan fingerprint density at radius 2 is 2.04 bits per heavy atom. The second kappa shape index (κ2) is 8.03. The number of thiazole rings is 1. The predicted octanol–water partition coefficient (Wildman–Crippen LogP) is 1.84. The summed E-state index contributed by atoms with van der Waals surface area (Å²) in [5.74, 6) is 0.475. The quantitative estimate of drug-likeness (QED) is 0.881. The molecule has 2 atom stereocenters. The van der Waals surface area contributed by atoms with Crippen LogP contribution >= 0.6 is 11.3 Å². The van der Waals surface area contributed by atoms with Crippen LogP contribution in [0.5, 0.6) is 0 Å². The number of nitrogens with zero attached hydrogens (tertiary/aromatic N) is 4. The zero-order chi connectivity index (χ0) is 17.8. The molecule has 7 heteroatoms. The summed E-state index contributed by atoms with van der Waals surface area (Å²) in [4.78, 5) is 25.4. The topological polar surface area (TPSA) is 69.6 Å². The number of hydrogen-bond donors (Lipinski definition) is 1. The fraction of sp³-hybridized carbons (Fsp3) is 0.500. The highest BCUT2D eigenvalue weighted by atomic mass is 32.1. The fourth-order valence-corrected chi connectivity index (χ4v) is 4.23. The summed E-state index contributed by atoms with van der Waals surface area (Å²) < 4.78 is 0. The molecule has 2 aromatic rings. The molecule has 0 radical (unpaired) electrons. The SMILES string of the molecule is CN(C)C[C@@H]1C[C@@H](CO)CN(C(=O)c2csc(-c3ccncc3)n2)C1. The summed E-state index contributed by atoms with van der Waals surface area (Å²) in [5.41, 5.74) is 1.45. The maximum Gasteiger partial charge on any atom is 0.273 e. The highest BCUT2D eigenvalue weighted by molar-refractivity contribution is 7.13. The molecule has 2 aromatic heterocycles. The van der Waals surface area contributed by atoms with Crippen LogP contribution in [0.25, 0.3) is 10.6 Å². The largest absolute Gasteiger partial charge is 0.396 e. The monoisotopic (exact) mass is 360 g/mol. The van der Waals surface area contributed by atoms with Crippen molar-refractivity contribution in [2.75, 3.05) is 40.3 Å². The van der Waals surface area contributed by atoms with Crippen molar-refractivity contribution in [1.29, 1.82) is 0 Å². The molecule has 3 heterocycles. The van der Waals surface area contributed by atoms with Crippen molar-refractivity contribution in [3.05, 3.63) is 35.6 Å². The normalized spacial score (nSPS) is 20.9. The van der Waals surface area contributed by atoms with Gasteiger partial charge in [0.05, 0.1) is 0 Å². The third-order valence-electron chi connectivity index (χ3n) is 4.44. The van der Waals surface area contributed by atoms with Crippen LogP contribution in [0, 0.1) is 11.8 Å². The first-order valence-corrected chi connectivity index (χ1v) is 9.35. The van der Waals surface area contributed by atoms with Gasteiger partial charge >= 0.3 is 0 Å². The summed E-state index contributed by atoms with van der Waals surface area (Å²) in [6.07, 6.45) is 4.40. The molecule has 3 rings (SSSR count). The number of piperidine rings is 1. The van der Waals surface area contributed by atoms with E-state index in [4.69, 9.17) is 0 Å². The summed E-state index contributed by atoms with van der Waals surface area (Å²) in [6.45, 7) is 2.35. The van der Waals surface area contributed by atoms with E-state index in [2.05, 4.69) is 14.9 Å². The highest BCUT2D eigenvalue weighted by Crippen LogP contribution is 2.26. The minimum Gasteiger partial charge on any atom is -0.396 e. The number of pyridine rings is 1. The number of carbonyl (C=O) groups excluding carboxylic acids is 1. The number of aliphatic hydroxyl groups excluding tert-OH is 1. The minimum atomic E-state index is -0.0431. The van der Waals surface area contributed by atoms with E-state index in [0.717, 1.165) is 30.1 Å². The van der Waals surface area contributed by atoms with Gasteiger partial charge in [-0.15, -0.1) is 11.3 Å². The van der Waals surface area contributed by atoms with Gasteiger partial charge in [0, 0.05) is 49.6 Å². The molecule has 1 aliphatic heterocycles. The summed E-state index contributed by atoms with van der Waals surface area (Å²) >= 11 is 1.47. The third-order valence-corrected chi connectivity index (χ3v) is 5.33. The molecule has 6 nitrogen and oxygen atoms in total. The molecule has 25 heavy (non-hydrogen) atoms. The number of carbonyl (C=O) groups is 1. The highest BCUT2D eigenvalue weighted by Gasteiger charge is 2.31. The molecular formula is C18H24N4O2S. The average molecular weight is 360 g/mol. The molecule has 1 aliphatic rings. The molecule has 0 bridgehead atoms. The van der Waals surface area contributed by atoms with Crippen molar-refractivity contribution in [2.24, 2.45) is 11.8 Å². The molecule has 0 aliphatic carbocycles. The lowest BCUT2D eigenvalue weighted by Gasteiger charge is -2.38. The van der Waals surface area contributed by atoms with Gasteiger partial charge in [0.1, 0.15) is 10.7 Å². The van der Waals surface area contributed by atoms with Crippen LogP contribution in [-0.2, 0) is 0 Å². The predicted molar refractivity (Wildman–Crippen MR) is 98.5 cm³/mol. The first-order valence-electron chi connectivity index (χ1n) is 8.47. The first kappa shape index (κ1) is 18.0. The summed E-state index contributed by atoms with van der Waals surface area (Å²) in [5, 5.41) is 12.2. The zero-order valence-corrected chi connectivity index (χ0v) is 15.4. The first-order chi connectivity index (χ1) is 12.1. The second-order valence-corrected chi connectivity index (χ2v) is 7.75. The van der Waals surface area contributed by atoms with E-state index in [1.165, 1.54) is 11.3 Å². The van der Waals surface area contributed by atoms with Crippen LogP contribution in [0.15, 0.2) is 29.9 Å². The van der Waals surface area contributed by atoms with Gasteiger partial charge in [-0.25, -0.2) is 4.98 Å². The smallest absolute Gasteiger partial charge is 0.273 e. The lowest BCUT2D eigenvalue weighted by molar-refractivity contribution is 0.0473. The van der Waals surface area contributed by atoms with Gasteiger partial charge in [0.15, 0.2) is 0 Å². The molecule has 0 aromatic carbocycles. The Hall–Kier alpha value is -1.83. The van der Waals surface area contributed by atoms with Gasteiger partial charge in [-0.3, -0.25) is 9.78 Å². The Balaban J connectivity index is 1.74. The zero-order valence-electron chi connectivity index (χ0n) is 14.6. The van der Waals surface area contributed by atoms with Crippen LogP contribution in [0.1, 0.15) is 16.9 Å². The van der Waals surface area contributed by atoms with E-state index < -0.39 is 0 Å². The maximum atomic E-state index is 12.9. The standard InChI is InChI=1S/C18H24N4O2S/c1-21(2)8-13-7-14(11-23)10-22(9-13)18(24)16-12-25-17(20-16)15-3-5-19-6-4-15/h3-6,12-14,23H,7-11H2,1-2H3/t13-,14+/m0/s1. The van der Waals surface area contributed by atoms with E-state index in [9.17, 15) is 9.90 Å². The van der Waals surface area contributed by atoms with Crippen molar-refractivity contribution in [3.8, 4) is 10.6 Å². The fourth-order valence-electron chi connectivity index (χ4n) is 3.43. The molecule has 0 spiro atoms. The van der Waals surface area contributed by atoms with Crippen LogP contribution in [0.2, 0.25) is 0 Å². The number of hydrogen-bond acceptors (Lipinski definition) is 6. The summed E-state index contributed by atoms with van der Waals surface area (Å²) in [6, 6.07) is 3.78. The van der Waals surface area contributed by atoms with Crippen LogP contribution in [0.3, 0.4) is 0 Å². The number of aromatic nitrogens is 2. The van der Waals surface area contributed by atoms with Gasteiger partial charge in [0.25, 0.3) is 5.91 Å². The van der Waals surface area contributed by atoms with Gasteiger partial charge in [-0.1, -0.05) is 0 Å². The Kier molecular flexibility index (Phi) is 5.78. The maximum absolute atomic E-state index is 12.9. The van der Waals surface area contributed by atoms with E-state index in [1.54, 1.807) is 12.4 Å². The van der Waals surface area contributed by atoms with E-state index in [0.29, 0.717) is 18.2 Å². The van der Waals surface area contributed by atoms with Crippen LogP contribution in [-0.4, -0.2) is 71.1 Å². The average Bonchev–Trinajstić information content (AvgIpc) is 3.11. The van der Waals surface area contributed by atoms with E-state index >= 15 is 0 Å². The molecular weight excluding hydrogens is 336 g/mol. The molecule has 1 N–H and O–H groups in total. The molecule has 1 fully saturated rings. The van der Waals surface area contributed by atoms with Crippen LogP contribution in [0.4, 0.5) is 0 Å². The minimum absolute atomic E-state index is 0.0431. The van der Waals surface area contributed by atoms with Gasteiger partial charge in [0.2, 0.25) is 0 Å². The molecule has 0 saturated carbocycles. The van der Waals surface area contributed by atoms with Gasteiger partial charge in [-0.05, 0) is 44.5 Å². The molecule has 134 valence electrons. The Labute approximate surface area is 152 Å². The van der Waals surface area contributed by atoms with Crippen molar-refractivity contribution >= 4 is 17.2 Å². The molecule has 1 amide bonds. The Morgan fingerprint density at radius 3 is 2.72 bits per heavy atom. The Morgan fingerprint density at radius 1 is 1.32 bits per heavy atom. The van der Waals surface area contributed by atoms with Gasteiger partial charge in [-0.2, -0.15) is 0 Å².